The molecule has 60 heavy (non-hydrogen) atoms. The van der Waals surface area contributed by atoms with Crippen molar-refractivity contribution < 1.29 is 30.6 Å². The predicted octanol–water partition coefficient (Wildman–Crippen LogP) is 14.4. The zero-order valence-electron chi connectivity index (χ0n) is 35.7. The maximum absolute atomic E-state index is 12.4. The van der Waals surface area contributed by atoms with Gasteiger partial charge in [0.2, 0.25) is 0 Å². The standard InChI is InChI=1S/C54H50N3O2.Pt/c1-52(2,3)37-21-22-44(39(30-37)34-18-14-11-15-19-34)57-45-23-25-47-48(49(45)56-51(57)41-31-38(53(4,5)6)32-42(50(41)58)54(7,8)9)40-28-36(20-24-46(40)59-47)43-29-35(26-27-55-43)33-16-12-10-13-17-33;/h10-27,29-32,58H,1-9H3;/q-1;. The molecule has 0 saturated heterocycles. The number of aromatic hydroxyl groups is 1. The summed E-state index contributed by atoms with van der Waals surface area (Å²) in [4.78, 5) is 10.4. The van der Waals surface area contributed by atoms with Crippen LogP contribution in [0.5, 0.6) is 5.75 Å². The van der Waals surface area contributed by atoms with Crippen LogP contribution in [0.1, 0.15) is 79.0 Å². The van der Waals surface area contributed by atoms with Crippen molar-refractivity contribution in [3.63, 3.8) is 0 Å². The Morgan fingerprint density at radius 3 is 1.92 bits per heavy atom. The van der Waals surface area contributed by atoms with Crippen LogP contribution in [-0.4, -0.2) is 19.6 Å². The number of phenols is 1. The van der Waals surface area contributed by atoms with Gasteiger partial charge in [-0.2, -0.15) is 0 Å². The molecule has 0 aliphatic rings. The quantitative estimate of drug-likeness (QED) is 0.175. The van der Waals surface area contributed by atoms with Gasteiger partial charge in [0.15, 0.2) is 0 Å². The van der Waals surface area contributed by atoms with Gasteiger partial charge in [0.25, 0.3) is 0 Å². The van der Waals surface area contributed by atoms with E-state index in [1.165, 1.54) is 5.56 Å². The molecule has 0 aliphatic carbocycles. The van der Waals surface area contributed by atoms with Crippen molar-refractivity contribution >= 4 is 33.0 Å². The SMILES string of the molecule is CC(C)(C)c1ccc(-n2c(-c3cc(C(C)(C)C)cc(C(C)(C)C)c3O)nc3c4c(ccc32)oc2ccc(-c3cc(-c5ccccc5)ccn3)[c-]c24)c(-c2ccccc2)c1.[Pt]. The zero-order valence-corrected chi connectivity index (χ0v) is 38.0. The van der Waals surface area contributed by atoms with Crippen LogP contribution >= 0.6 is 0 Å². The van der Waals surface area contributed by atoms with Crippen LogP contribution in [0.15, 0.2) is 138 Å². The third kappa shape index (κ3) is 7.28. The van der Waals surface area contributed by atoms with Crippen molar-refractivity contribution in [2.75, 3.05) is 0 Å². The maximum Gasteiger partial charge on any atom is 0.148 e. The smallest absolute Gasteiger partial charge is 0.148 e. The van der Waals surface area contributed by atoms with Crippen molar-refractivity contribution in [2.45, 2.75) is 78.6 Å². The Morgan fingerprint density at radius 1 is 0.600 bits per heavy atom. The molecule has 3 aromatic heterocycles. The monoisotopic (exact) mass is 967 g/mol. The molecule has 0 radical (unpaired) electrons. The van der Waals surface area contributed by atoms with E-state index in [1.54, 1.807) is 0 Å². The first-order chi connectivity index (χ1) is 28.1. The molecule has 0 saturated carbocycles. The van der Waals surface area contributed by atoms with Crippen LogP contribution in [0.2, 0.25) is 0 Å². The molecule has 0 unspecified atom stereocenters. The van der Waals surface area contributed by atoms with Crippen molar-refractivity contribution in [3.05, 3.63) is 156 Å². The number of hydrogen-bond donors (Lipinski definition) is 1. The number of pyridine rings is 1. The first-order valence-corrected chi connectivity index (χ1v) is 20.5. The summed E-state index contributed by atoms with van der Waals surface area (Å²) in [6, 6.07) is 48.0. The van der Waals surface area contributed by atoms with Gasteiger partial charge in [-0.05, 0) is 85.8 Å². The summed E-state index contributed by atoms with van der Waals surface area (Å²) in [6.07, 6.45) is 1.86. The second-order valence-electron chi connectivity index (χ2n) is 18.9. The Bertz CT molecular complexity index is 3050. The first-order valence-electron chi connectivity index (χ1n) is 20.5. The Labute approximate surface area is 367 Å². The fourth-order valence-electron chi connectivity index (χ4n) is 8.14. The molecule has 6 heteroatoms. The van der Waals surface area contributed by atoms with Gasteiger partial charge in [-0.15, -0.1) is 12.1 Å². The van der Waals surface area contributed by atoms with E-state index in [4.69, 9.17) is 14.4 Å². The Morgan fingerprint density at radius 2 is 1.25 bits per heavy atom. The third-order valence-electron chi connectivity index (χ3n) is 11.5. The molecular formula is C54H50N3O2Pt-. The van der Waals surface area contributed by atoms with E-state index in [9.17, 15) is 5.11 Å². The van der Waals surface area contributed by atoms with Gasteiger partial charge < -0.3 is 9.52 Å². The molecular weight excluding hydrogens is 918 g/mol. The molecule has 9 rings (SSSR count). The van der Waals surface area contributed by atoms with E-state index in [-0.39, 0.29) is 43.1 Å². The van der Waals surface area contributed by atoms with Gasteiger partial charge in [-0.25, -0.2) is 4.98 Å². The number of nitrogens with zero attached hydrogens (tertiary/aromatic N) is 3. The topological polar surface area (TPSA) is 64.1 Å². The van der Waals surface area contributed by atoms with Gasteiger partial charge in [0.05, 0.1) is 33.5 Å². The number of rotatable bonds is 5. The minimum atomic E-state index is -0.328. The van der Waals surface area contributed by atoms with E-state index in [2.05, 4.69) is 170 Å². The molecule has 9 aromatic rings. The summed E-state index contributed by atoms with van der Waals surface area (Å²) in [5.41, 5.74) is 13.5. The number of aromatic nitrogens is 3. The second kappa shape index (κ2) is 15.0. The molecule has 0 bridgehead atoms. The minimum absolute atomic E-state index is 0. The number of fused-ring (bicyclic) bond motifs is 5. The molecule has 0 spiro atoms. The molecule has 1 N–H and O–H groups in total. The normalized spacial score (nSPS) is 12.3. The Kier molecular flexibility index (Phi) is 10.3. The number of benzene rings is 6. The fourth-order valence-corrected chi connectivity index (χ4v) is 8.14. The minimum Gasteiger partial charge on any atom is -0.507 e. The summed E-state index contributed by atoms with van der Waals surface area (Å²) in [6.45, 7) is 19.9. The van der Waals surface area contributed by atoms with E-state index >= 15 is 0 Å². The molecule has 0 amide bonds. The van der Waals surface area contributed by atoms with E-state index < -0.39 is 0 Å². The maximum atomic E-state index is 12.4. The van der Waals surface area contributed by atoms with Crippen LogP contribution in [0.4, 0.5) is 0 Å². The fraction of sp³-hybridized carbons (Fsp3) is 0.222. The zero-order chi connectivity index (χ0) is 41.4. The number of hydrogen-bond acceptors (Lipinski definition) is 4. The van der Waals surface area contributed by atoms with Crippen molar-refractivity contribution in [1.82, 2.24) is 14.5 Å². The van der Waals surface area contributed by atoms with E-state index in [0.717, 1.165) is 83.3 Å². The summed E-state index contributed by atoms with van der Waals surface area (Å²) < 4.78 is 8.79. The van der Waals surface area contributed by atoms with Gasteiger partial charge in [0.1, 0.15) is 11.6 Å². The van der Waals surface area contributed by atoms with Crippen LogP contribution < -0.4 is 0 Å². The Hall–Kier alpha value is -5.77. The first kappa shape index (κ1) is 41.0. The number of imidazole rings is 1. The van der Waals surface area contributed by atoms with Gasteiger partial charge >= 0.3 is 0 Å². The van der Waals surface area contributed by atoms with Crippen molar-refractivity contribution in [3.8, 4) is 56.3 Å². The molecule has 6 aromatic carbocycles. The van der Waals surface area contributed by atoms with Crippen LogP contribution in [0.3, 0.4) is 0 Å². The largest absolute Gasteiger partial charge is 0.507 e. The van der Waals surface area contributed by atoms with Gasteiger partial charge in [-0.3, -0.25) is 9.55 Å². The van der Waals surface area contributed by atoms with Crippen LogP contribution in [-0.2, 0) is 37.3 Å². The number of phenolic OH excluding ortho intramolecular Hbond substituents is 1. The van der Waals surface area contributed by atoms with E-state index in [0.29, 0.717) is 11.4 Å². The van der Waals surface area contributed by atoms with Crippen molar-refractivity contribution in [1.29, 1.82) is 0 Å². The number of furan rings is 1. The molecule has 0 atom stereocenters. The molecule has 0 fully saturated rings. The predicted molar refractivity (Wildman–Crippen MR) is 244 cm³/mol. The second-order valence-corrected chi connectivity index (χ2v) is 18.9. The summed E-state index contributed by atoms with van der Waals surface area (Å²) in [5.74, 6) is 0.895. The summed E-state index contributed by atoms with van der Waals surface area (Å²) in [5, 5.41) is 14.1. The molecule has 0 aliphatic heterocycles. The van der Waals surface area contributed by atoms with E-state index in [1.807, 2.05) is 36.5 Å². The van der Waals surface area contributed by atoms with Crippen LogP contribution in [0.25, 0.3) is 83.6 Å². The summed E-state index contributed by atoms with van der Waals surface area (Å²) >= 11 is 0. The van der Waals surface area contributed by atoms with Crippen LogP contribution in [0, 0.1) is 6.07 Å². The van der Waals surface area contributed by atoms with Crippen molar-refractivity contribution in [2.24, 2.45) is 0 Å². The average Bonchev–Trinajstić information content (AvgIpc) is 3.78. The molecule has 304 valence electrons. The average molecular weight is 968 g/mol. The Balaban J connectivity index is 0.00000499. The van der Waals surface area contributed by atoms with Gasteiger partial charge in [0, 0.05) is 44.1 Å². The summed E-state index contributed by atoms with van der Waals surface area (Å²) in [7, 11) is 0. The molecule has 3 heterocycles. The molecule has 5 nitrogen and oxygen atoms in total. The third-order valence-corrected chi connectivity index (χ3v) is 11.5. The van der Waals surface area contributed by atoms with Gasteiger partial charge in [-0.1, -0.05) is 158 Å².